The number of ketones is 1. The number of esters is 1. The summed E-state index contributed by atoms with van der Waals surface area (Å²) in [5.41, 5.74) is 1.58. The molecule has 0 spiro atoms. The highest BCUT2D eigenvalue weighted by Crippen LogP contribution is 2.63. The molecule has 4 aliphatic carbocycles. The summed E-state index contributed by atoms with van der Waals surface area (Å²) >= 11 is 0. The lowest BCUT2D eigenvalue weighted by atomic mass is 9.51. The third kappa shape index (κ3) is 2.38. The van der Waals surface area contributed by atoms with Crippen LogP contribution in [0.4, 0.5) is 0 Å². The van der Waals surface area contributed by atoms with Crippen molar-refractivity contribution in [1.82, 2.24) is 0 Å². The van der Waals surface area contributed by atoms with Crippen molar-refractivity contribution < 1.29 is 14.3 Å². The number of rotatable bonds is 2. The first-order chi connectivity index (χ1) is 11.5. The van der Waals surface area contributed by atoms with Crippen LogP contribution in [0.25, 0.3) is 0 Å². The fourth-order valence-corrected chi connectivity index (χ4v) is 6.81. The Morgan fingerprint density at radius 3 is 2.79 bits per heavy atom. The van der Waals surface area contributed by atoms with Crippen LogP contribution in [0.2, 0.25) is 0 Å². The topological polar surface area (TPSA) is 43.4 Å². The van der Waals surface area contributed by atoms with Crippen LogP contribution in [0.1, 0.15) is 65.2 Å². The number of allylic oxidation sites excluding steroid dienone is 1. The first-order valence-electron chi connectivity index (χ1n) is 9.94. The Bertz CT molecular complexity index is 578. The van der Waals surface area contributed by atoms with E-state index in [1.54, 1.807) is 0 Å². The third-order valence-electron chi connectivity index (χ3n) is 7.87. The summed E-state index contributed by atoms with van der Waals surface area (Å²) in [6.07, 6.45) is 10.7. The van der Waals surface area contributed by atoms with E-state index < -0.39 is 0 Å². The minimum atomic E-state index is 0.0422. The summed E-state index contributed by atoms with van der Waals surface area (Å²) in [4.78, 5) is 24.2. The summed E-state index contributed by atoms with van der Waals surface area (Å²) in [5, 5.41) is 0. The van der Waals surface area contributed by atoms with Gasteiger partial charge in [-0.15, -0.1) is 0 Å². The van der Waals surface area contributed by atoms with E-state index >= 15 is 0 Å². The number of hydrogen-bond acceptors (Lipinski definition) is 3. The van der Waals surface area contributed by atoms with Crippen LogP contribution in [-0.2, 0) is 14.3 Å². The van der Waals surface area contributed by atoms with Crippen molar-refractivity contribution >= 4 is 11.8 Å². The van der Waals surface area contributed by atoms with Gasteiger partial charge in [0.05, 0.1) is 12.5 Å². The Hall–Kier alpha value is -1.12. The van der Waals surface area contributed by atoms with Gasteiger partial charge in [0, 0.05) is 6.42 Å². The lowest BCUT2D eigenvalue weighted by Crippen LogP contribution is -2.47. The van der Waals surface area contributed by atoms with E-state index in [0.29, 0.717) is 24.2 Å². The number of ether oxygens (including phenoxy) is 1. The van der Waals surface area contributed by atoms with E-state index in [0.717, 1.165) is 43.9 Å². The molecule has 0 heterocycles. The predicted octanol–water partition coefficient (Wildman–Crippen LogP) is 4.31. The molecule has 0 aliphatic heterocycles. The van der Waals surface area contributed by atoms with Gasteiger partial charge in [0.1, 0.15) is 0 Å². The molecule has 0 radical (unpaired) electrons. The maximum Gasteiger partial charge on any atom is 0.309 e. The van der Waals surface area contributed by atoms with Crippen molar-refractivity contribution in [2.45, 2.75) is 65.2 Å². The molecule has 3 heteroatoms. The molecule has 0 aromatic carbocycles. The highest BCUT2D eigenvalue weighted by Gasteiger charge is 2.58. The van der Waals surface area contributed by atoms with Gasteiger partial charge in [-0.25, -0.2) is 0 Å². The Labute approximate surface area is 145 Å². The zero-order valence-electron chi connectivity index (χ0n) is 15.1. The highest BCUT2D eigenvalue weighted by atomic mass is 16.5. The van der Waals surface area contributed by atoms with Crippen LogP contribution in [0.3, 0.4) is 0 Å². The van der Waals surface area contributed by atoms with E-state index in [-0.39, 0.29) is 17.3 Å². The van der Waals surface area contributed by atoms with Crippen LogP contribution in [0.15, 0.2) is 11.6 Å². The minimum Gasteiger partial charge on any atom is -0.466 e. The second-order valence-electron chi connectivity index (χ2n) is 8.73. The molecule has 0 aromatic heterocycles. The monoisotopic (exact) mass is 330 g/mol. The van der Waals surface area contributed by atoms with Gasteiger partial charge in [-0.05, 0) is 87.0 Å². The molecule has 132 valence electrons. The maximum absolute atomic E-state index is 12.5. The molecular formula is C21H30O3. The second kappa shape index (κ2) is 6.00. The molecule has 4 aliphatic rings. The van der Waals surface area contributed by atoms with Gasteiger partial charge in [0.2, 0.25) is 0 Å². The zero-order chi connectivity index (χ0) is 16.9. The molecule has 0 aromatic rings. The van der Waals surface area contributed by atoms with Crippen LogP contribution in [0.5, 0.6) is 0 Å². The quantitative estimate of drug-likeness (QED) is 0.709. The van der Waals surface area contributed by atoms with Crippen molar-refractivity contribution in [2.24, 2.45) is 35.0 Å². The van der Waals surface area contributed by atoms with Gasteiger partial charge in [0.25, 0.3) is 0 Å². The molecule has 0 bridgehead atoms. The molecule has 4 rings (SSSR count). The largest absolute Gasteiger partial charge is 0.466 e. The summed E-state index contributed by atoms with van der Waals surface area (Å²) in [5.74, 6) is 3.30. The van der Waals surface area contributed by atoms with E-state index in [2.05, 4.69) is 6.92 Å². The van der Waals surface area contributed by atoms with Gasteiger partial charge in [-0.2, -0.15) is 0 Å². The Morgan fingerprint density at radius 2 is 2.00 bits per heavy atom. The first kappa shape index (κ1) is 16.4. The van der Waals surface area contributed by atoms with Crippen molar-refractivity contribution in [3.63, 3.8) is 0 Å². The molecule has 0 N–H and O–H groups in total. The summed E-state index contributed by atoms with van der Waals surface area (Å²) in [6.45, 7) is 4.76. The van der Waals surface area contributed by atoms with Crippen molar-refractivity contribution in [2.75, 3.05) is 6.61 Å². The van der Waals surface area contributed by atoms with E-state index in [9.17, 15) is 9.59 Å². The zero-order valence-corrected chi connectivity index (χ0v) is 15.1. The smallest absolute Gasteiger partial charge is 0.309 e. The Morgan fingerprint density at radius 1 is 1.17 bits per heavy atom. The Kier molecular flexibility index (Phi) is 4.09. The highest BCUT2D eigenvalue weighted by molar-refractivity contribution is 5.91. The molecule has 0 amide bonds. The van der Waals surface area contributed by atoms with E-state index in [4.69, 9.17) is 4.74 Å². The molecule has 0 saturated heterocycles. The van der Waals surface area contributed by atoms with Gasteiger partial charge in [0.15, 0.2) is 5.78 Å². The number of fused-ring (bicyclic) bond motifs is 5. The molecule has 0 unspecified atom stereocenters. The summed E-state index contributed by atoms with van der Waals surface area (Å²) in [6, 6.07) is 0. The van der Waals surface area contributed by atoms with Gasteiger partial charge >= 0.3 is 5.97 Å². The lowest BCUT2D eigenvalue weighted by Gasteiger charge is -2.53. The van der Waals surface area contributed by atoms with Crippen LogP contribution in [-0.4, -0.2) is 18.4 Å². The minimum absolute atomic E-state index is 0.0422. The van der Waals surface area contributed by atoms with Gasteiger partial charge in [-0.1, -0.05) is 12.5 Å². The van der Waals surface area contributed by atoms with Crippen LogP contribution in [0, 0.1) is 35.0 Å². The Balaban J connectivity index is 1.57. The molecule has 3 fully saturated rings. The van der Waals surface area contributed by atoms with Crippen LogP contribution < -0.4 is 0 Å². The number of hydrogen-bond donors (Lipinski definition) is 0. The summed E-state index contributed by atoms with van der Waals surface area (Å²) in [7, 11) is 0. The molecule has 6 atom stereocenters. The first-order valence-corrected chi connectivity index (χ1v) is 9.94. The molecular weight excluding hydrogens is 300 g/mol. The summed E-state index contributed by atoms with van der Waals surface area (Å²) < 4.78 is 5.39. The van der Waals surface area contributed by atoms with Crippen molar-refractivity contribution in [3.8, 4) is 0 Å². The lowest BCUT2D eigenvalue weighted by molar-refractivity contribution is -0.154. The van der Waals surface area contributed by atoms with Gasteiger partial charge in [-0.3, -0.25) is 9.59 Å². The van der Waals surface area contributed by atoms with Crippen molar-refractivity contribution in [1.29, 1.82) is 0 Å². The molecule has 24 heavy (non-hydrogen) atoms. The fraction of sp³-hybridized carbons (Fsp3) is 0.810. The SMILES string of the molecule is CCOC(=O)[C@@H]1CC[C@@H]2[C@@H]3CCC4=CC(=O)CC[C@@H]4[C@H]3CC[C@@]21C. The van der Waals surface area contributed by atoms with Crippen molar-refractivity contribution in [3.05, 3.63) is 11.6 Å². The predicted molar refractivity (Wildman–Crippen MR) is 92.2 cm³/mol. The average molecular weight is 330 g/mol. The second-order valence-corrected chi connectivity index (χ2v) is 8.73. The van der Waals surface area contributed by atoms with E-state index in [1.807, 2.05) is 13.0 Å². The number of carbonyl (C=O) groups is 2. The maximum atomic E-state index is 12.5. The third-order valence-corrected chi connectivity index (χ3v) is 7.87. The standard InChI is InChI=1S/C21H30O3/c1-3-24-20(23)19-9-8-18-17-6-4-13-12-14(22)5-7-15(13)16(17)10-11-21(18,19)2/h12,15-19H,3-11H2,1-2H3/t15-,16+,17+,18+,19-,21-/m0/s1. The number of carbonyl (C=O) groups excluding carboxylic acids is 2. The van der Waals surface area contributed by atoms with Crippen LogP contribution >= 0.6 is 0 Å². The van der Waals surface area contributed by atoms with E-state index in [1.165, 1.54) is 24.8 Å². The fourth-order valence-electron chi connectivity index (χ4n) is 6.81. The average Bonchev–Trinajstić information content (AvgIpc) is 2.92. The molecule has 3 saturated carbocycles. The normalized spacial score (nSPS) is 44.2. The van der Waals surface area contributed by atoms with Gasteiger partial charge < -0.3 is 4.74 Å². The molecule has 3 nitrogen and oxygen atoms in total.